The third-order valence-electron chi connectivity index (χ3n) is 3.54. The number of aromatic hydroxyl groups is 1. The average molecular weight is 284 g/mol. The van der Waals surface area contributed by atoms with Crippen LogP contribution in [0.1, 0.15) is 35.7 Å². The number of nitrogen functional groups attached to an aromatic ring is 1. The predicted octanol–water partition coefficient (Wildman–Crippen LogP) is 3.08. The lowest BCUT2D eigenvalue weighted by Gasteiger charge is -2.16. The first-order chi connectivity index (χ1) is 10.1. The van der Waals surface area contributed by atoms with Gasteiger partial charge in [0.1, 0.15) is 5.75 Å². The molecule has 0 aromatic heterocycles. The van der Waals surface area contributed by atoms with Crippen molar-refractivity contribution in [2.24, 2.45) is 5.73 Å². The molecule has 0 aliphatic carbocycles. The van der Waals surface area contributed by atoms with Gasteiger partial charge in [-0.25, -0.2) is 0 Å². The van der Waals surface area contributed by atoms with Gasteiger partial charge < -0.3 is 16.6 Å². The summed E-state index contributed by atoms with van der Waals surface area (Å²) >= 11 is 0. The van der Waals surface area contributed by atoms with E-state index in [0.717, 1.165) is 24.0 Å². The molecule has 4 nitrogen and oxygen atoms in total. The number of hydrogen-bond donors (Lipinski definition) is 3. The van der Waals surface area contributed by atoms with Gasteiger partial charge >= 0.3 is 0 Å². The van der Waals surface area contributed by atoms with Crippen LogP contribution in [0.25, 0.3) is 11.1 Å². The highest BCUT2D eigenvalue weighted by Crippen LogP contribution is 2.38. The zero-order valence-electron chi connectivity index (χ0n) is 12.1. The van der Waals surface area contributed by atoms with Crippen molar-refractivity contribution in [1.29, 1.82) is 0 Å². The van der Waals surface area contributed by atoms with Crippen molar-refractivity contribution in [3.05, 3.63) is 47.5 Å². The lowest BCUT2D eigenvalue weighted by Crippen LogP contribution is -2.13. The van der Waals surface area contributed by atoms with Crippen LogP contribution in [0, 0.1) is 0 Å². The van der Waals surface area contributed by atoms with Crippen LogP contribution in [-0.2, 0) is 6.42 Å². The number of primary amides is 1. The number of rotatable bonds is 5. The van der Waals surface area contributed by atoms with E-state index in [1.54, 1.807) is 0 Å². The van der Waals surface area contributed by atoms with E-state index in [1.807, 2.05) is 30.3 Å². The molecule has 4 heteroatoms. The minimum Gasteiger partial charge on any atom is -0.507 e. The molecule has 0 heterocycles. The number of carbonyl (C=O) groups is 1. The van der Waals surface area contributed by atoms with Crippen LogP contribution in [0.2, 0.25) is 0 Å². The maximum absolute atomic E-state index is 11.5. The highest BCUT2D eigenvalue weighted by molar-refractivity contribution is 5.99. The molecule has 0 saturated heterocycles. The normalized spacial score (nSPS) is 10.5. The Kier molecular flexibility index (Phi) is 4.48. The molecule has 5 N–H and O–H groups in total. The molecule has 0 fully saturated rings. The van der Waals surface area contributed by atoms with Crippen LogP contribution in [-0.4, -0.2) is 11.0 Å². The summed E-state index contributed by atoms with van der Waals surface area (Å²) in [5.74, 6) is -0.722. The minimum absolute atomic E-state index is 0.0518. The Morgan fingerprint density at radius 2 is 1.90 bits per heavy atom. The Balaban J connectivity index is 2.68. The number of hydrogen-bond acceptors (Lipinski definition) is 3. The zero-order chi connectivity index (χ0) is 15.4. The highest BCUT2D eigenvalue weighted by atomic mass is 16.3. The van der Waals surface area contributed by atoms with Crippen molar-refractivity contribution in [3.8, 4) is 16.9 Å². The summed E-state index contributed by atoms with van der Waals surface area (Å²) in [6, 6.07) is 11.1. The van der Waals surface area contributed by atoms with E-state index in [4.69, 9.17) is 11.5 Å². The summed E-state index contributed by atoms with van der Waals surface area (Å²) in [6.45, 7) is 2.07. The molecule has 0 radical (unpaired) electrons. The number of anilines is 1. The lowest BCUT2D eigenvalue weighted by atomic mass is 9.91. The van der Waals surface area contributed by atoms with Gasteiger partial charge in [-0.05, 0) is 24.5 Å². The molecule has 0 spiro atoms. The molecular formula is C17H20N2O2. The van der Waals surface area contributed by atoms with Gasteiger partial charge in [-0.1, -0.05) is 43.7 Å². The van der Waals surface area contributed by atoms with Crippen LogP contribution < -0.4 is 11.5 Å². The molecule has 1 amide bonds. The Morgan fingerprint density at radius 1 is 1.24 bits per heavy atom. The molecule has 0 unspecified atom stereocenters. The molecule has 2 aromatic carbocycles. The van der Waals surface area contributed by atoms with E-state index in [1.165, 1.54) is 6.07 Å². The fourth-order valence-corrected chi connectivity index (χ4v) is 2.48. The second kappa shape index (κ2) is 6.31. The lowest BCUT2D eigenvalue weighted by molar-refractivity contribution is 0.0997. The van der Waals surface area contributed by atoms with E-state index in [0.29, 0.717) is 17.7 Å². The quantitative estimate of drug-likeness (QED) is 0.582. The zero-order valence-corrected chi connectivity index (χ0v) is 12.1. The first-order valence-electron chi connectivity index (χ1n) is 7.05. The molecule has 0 aliphatic rings. The van der Waals surface area contributed by atoms with Crippen LogP contribution >= 0.6 is 0 Å². The van der Waals surface area contributed by atoms with Gasteiger partial charge in [0.25, 0.3) is 5.91 Å². The largest absolute Gasteiger partial charge is 0.507 e. The maximum atomic E-state index is 11.5. The number of phenols is 1. The summed E-state index contributed by atoms with van der Waals surface area (Å²) < 4.78 is 0. The smallest absolute Gasteiger partial charge is 0.252 e. The van der Waals surface area contributed by atoms with Gasteiger partial charge in [0.15, 0.2) is 0 Å². The minimum atomic E-state index is -0.670. The fraction of sp³-hybridized carbons (Fsp3) is 0.235. The van der Waals surface area contributed by atoms with E-state index in [-0.39, 0.29) is 11.3 Å². The Morgan fingerprint density at radius 3 is 2.48 bits per heavy atom. The van der Waals surface area contributed by atoms with Crippen molar-refractivity contribution in [1.82, 2.24) is 0 Å². The predicted molar refractivity (Wildman–Crippen MR) is 85.1 cm³/mol. The standard InChI is InChI=1S/C17H20N2O2/c1-2-3-9-12-15(11-7-5-4-6-8-11)14(18)10-13(16(12)20)17(19)21/h4-8,10,20H,2-3,9,18H2,1H3,(H2,19,21). The molecular weight excluding hydrogens is 264 g/mol. The summed E-state index contributed by atoms with van der Waals surface area (Å²) in [5.41, 5.74) is 14.4. The van der Waals surface area contributed by atoms with E-state index < -0.39 is 5.91 Å². The maximum Gasteiger partial charge on any atom is 0.252 e. The van der Waals surface area contributed by atoms with E-state index in [9.17, 15) is 9.90 Å². The topological polar surface area (TPSA) is 89.3 Å². The third kappa shape index (κ3) is 2.99. The van der Waals surface area contributed by atoms with Gasteiger partial charge in [-0.2, -0.15) is 0 Å². The van der Waals surface area contributed by atoms with Gasteiger partial charge in [0.05, 0.1) is 5.56 Å². The van der Waals surface area contributed by atoms with Crippen LogP contribution in [0.15, 0.2) is 36.4 Å². The first-order valence-corrected chi connectivity index (χ1v) is 7.05. The van der Waals surface area contributed by atoms with Crippen LogP contribution in [0.4, 0.5) is 5.69 Å². The monoisotopic (exact) mass is 284 g/mol. The van der Waals surface area contributed by atoms with Gasteiger partial charge in [0, 0.05) is 16.8 Å². The molecule has 0 aliphatic heterocycles. The van der Waals surface area contributed by atoms with Crippen molar-refractivity contribution < 1.29 is 9.90 Å². The third-order valence-corrected chi connectivity index (χ3v) is 3.54. The van der Waals surface area contributed by atoms with E-state index in [2.05, 4.69) is 6.92 Å². The highest BCUT2D eigenvalue weighted by Gasteiger charge is 2.19. The number of benzene rings is 2. The summed E-state index contributed by atoms with van der Waals surface area (Å²) in [4.78, 5) is 11.5. The molecule has 0 bridgehead atoms. The van der Waals surface area contributed by atoms with Crippen LogP contribution in [0.5, 0.6) is 5.75 Å². The van der Waals surface area contributed by atoms with E-state index >= 15 is 0 Å². The SMILES string of the molecule is CCCCc1c(O)c(C(N)=O)cc(N)c1-c1ccccc1. The van der Waals surface area contributed by atoms with Crippen molar-refractivity contribution in [3.63, 3.8) is 0 Å². The molecule has 0 atom stereocenters. The first kappa shape index (κ1) is 14.9. The van der Waals surface area contributed by atoms with Crippen molar-refractivity contribution in [2.75, 3.05) is 5.73 Å². The molecule has 110 valence electrons. The van der Waals surface area contributed by atoms with Crippen molar-refractivity contribution >= 4 is 11.6 Å². The second-order valence-corrected chi connectivity index (χ2v) is 5.05. The van der Waals surface area contributed by atoms with Gasteiger partial charge in [-0.15, -0.1) is 0 Å². The number of carbonyl (C=O) groups excluding carboxylic acids is 1. The average Bonchev–Trinajstić information content (AvgIpc) is 2.48. The van der Waals surface area contributed by atoms with Gasteiger partial charge in [0.2, 0.25) is 0 Å². The Hall–Kier alpha value is -2.49. The number of nitrogens with two attached hydrogens (primary N) is 2. The second-order valence-electron chi connectivity index (χ2n) is 5.05. The molecule has 0 saturated carbocycles. The number of unbranched alkanes of at least 4 members (excludes halogenated alkanes) is 1. The van der Waals surface area contributed by atoms with Crippen molar-refractivity contribution in [2.45, 2.75) is 26.2 Å². The van der Waals surface area contributed by atoms with Crippen LogP contribution in [0.3, 0.4) is 0 Å². The Bertz CT molecular complexity index is 652. The summed E-state index contributed by atoms with van der Waals surface area (Å²) in [5, 5.41) is 10.4. The Labute approximate surface area is 124 Å². The summed E-state index contributed by atoms with van der Waals surface area (Å²) in [6.07, 6.45) is 2.53. The van der Waals surface area contributed by atoms with Gasteiger partial charge in [-0.3, -0.25) is 4.79 Å². The molecule has 2 rings (SSSR count). The molecule has 2 aromatic rings. The fourth-order valence-electron chi connectivity index (χ4n) is 2.48. The number of amides is 1. The molecule has 21 heavy (non-hydrogen) atoms. The summed E-state index contributed by atoms with van der Waals surface area (Å²) in [7, 11) is 0.